The standard InChI is InChI=1S/C13H15BrO2S/c14-12-10-7-4-8-11(12)13(10)17(15,16)9-5-2-1-3-6-9/h1-3,5-6,10-13H,4,7-8H2/t10-,11+,12?,13?. The van der Waals surface area contributed by atoms with Crippen LogP contribution in [0.15, 0.2) is 35.2 Å². The second kappa shape index (κ2) is 4.09. The maximum absolute atomic E-state index is 12.6. The third-order valence-corrected chi connectivity index (χ3v) is 7.87. The van der Waals surface area contributed by atoms with E-state index < -0.39 is 9.84 Å². The number of alkyl halides is 1. The summed E-state index contributed by atoms with van der Waals surface area (Å²) >= 11 is 3.64. The van der Waals surface area contributed by atoms with E-state index in [-0.39, 0.29) is 5.25 Å². The van der Waals surface area contributed by atoms with E-state index >= 15 is 0 Å². The molecule has 2 aliphatic carbocycles. The Labute approximate surface area is 110 Å². The van der Waals surface area contributed by atoms with Gasteiger partial charge in [-0.2, -0.15) is 0 Å². The fraction of sp³-hybridized carbons (Fsp3) is 0.538. The van der Waals surface area contributed by atoms with Crippen molar-refractivity contribution >= 4 is 25.8 Å². The van der Waals surface area contributed by atoms with Crippen LogP contribution in [-0.2, 0) is 9.84 Å². The summed E-state index contributed by atoms with van der Waals surface area (Å²) in [6.45, 7) is 0. The van der Waals surface area contributed by atoms with Crippen LogP contribution in [0.1, 0.15) is 19.3 Å². The Bertz CT molecular complexity index is 499. The van der Waals surface area contributed by atoms with E-state index in [2.05, 4.69) is 15.9 Å². The molecule has 17 heavy (non-hydrogen) atoms. The van der Waals surface area contributed by atoms with Crippen molar-refractivity contribution in [1.29, 1.82) is 0 Å². The highest BCUT2D eigenvalue weighted by atomic mass is 79.9. The zero-order valence-electron chi connectivity index (χ0n) is 9.42. The lowest BCUT2D eigenvalue weighted by atomic mass is 9.64. The van der Waals surface area contributed by atoms with Crippen LogP contribution in [-0.4, -0.2) is 18.5 Å². The highest BCUT2D eigenvalue weighted by molar-refractivity contribution is 9.09. The first-order valence-corrected chi connectivity index (χ1v) is 8.51. The van der Waals surface area contributed by atoms with E-state index in [9.17, 15) is 8.42 Å². The molecule has 0 aromatic heterocycles. The number of benzene rings is 1. The first-order chi connectivity index (χ1) is 8.12. The Balaban J connectivity index is 1.96. The van der Waals surface area contributed by atoms with Crippen LogP contribution in [0.5, 0.6) is 0 Å². The van der Waals surface area contributed by atoms with Gasteiger partial charge in [0.2, 0.25) is 0 Å². The van der Waals surface area contributed by atoms with Crippen molar-refractivity contribution < 1.29 is 8.42 Å². The average molecular weight is 315 g/mol. The van der Waals surface area contributed by atoms with Crippen molar-refractivity contribution in [2.24, 2.45) is 11.8 Å². The summed E-state index contributed by atoms with van der Waals surface area (Å²) in [6, 6.07) is 8.88. The normalized spacial score (nSPS) is 36.3. The van der Waals surface area contributed by atoms with Gasteiger partial charge < -0.3 is 0 Å². The minimum Gasteiger partial charge on any atom is -0.223 e. The second-order valence-electron chi connectivity index (χ2n) is 5.03. The van der Waals surface area contributed by atoms with Gasteiger partial charge in [0, 0.05) is 4.83 Å². The molecule has 3 rings (SSSR count). The summed E-state index contributed by atoms with van der Waals surface area (Å²) in [4.78, 5) is 0.904. The quantitative estimate of drug-likeness (QED) is 0.786. The van der Waals surface area contributed by atoms with Gasteiger partial charge in [0.1, 0.15) is 0 Å². The Kier molecular flexibility index (Phi) is 2.82. The molecule has 2 fully saturated rings. The largest absolute Gasteiger partial charge is 0.223 e. The summed E-state index contributed by atoms with van der Waals surface area (Å²) in [5, 5.41) is -0.150. The SMILES string of the molecule is O=S(=O)(c1ccccc1)C1[C@@H]2CCC[C@H]1C2Br. The number of hydrogen-bond acceptors (Lipinski definition) is 2. The Morgan fingerprint density at radius 1 is 1.06 bits per heavy atom. The smallest absolute Gasteiger partial charge is 0.181 e. The maximum Gasteiger partial charge on any atom is 0.181 e. The van der Waals surface area contributed by atoms with Gasteiger partial charge in [0.15, 0.2) is 9.84 Å². The van der Waals surface area contributed by atoms with Crippen LogP contribution < -0.4 is 0 Å². The number of hydrogen-bond donors (Lipinski definition) is 0. The van der Waals surface area contributed by atoms with Gasteiger partial charge in [-0.3, -0.25) is 0 Å². The van der Waals surface area contributed by atoms with Crippen LogP contribution in [0.25, 0.3) is 0 Å². The summed E-state index contributed by atoms with van der Waals surface area (Å²) in [7, 11) is -3.12. The van der Waals surface area contributed by atoms with E-state index in [0.717, 1.165) is 12.8 Å². The molecule has 0 saturated heterocycles. The lowest BCUT2D eigenvalue weighted by Gasteiger charge is -2.53. The summed E-state index contributed by atoms with van der Waals surface area (Å²) in [5.74, 6) is 0.637. The van der Waals surface area contributed by atoms with E-state index in [1.54, 1.807) is 24.3 Å². The fourth-order valence-corrected chi connectivity index (χ4v) is 7.29. The maximum atomic E-state index is 12.6. The molecule has 0 aliphatic heterocycles. The van der Waals surface area contributed by atoms with E-state index in [4.69, 9.17) is 0 Å². The second-order valence-corrected chi connectivity index (χ2v) is 8.19. The molecule has 4 heteroatoms. The van der Waals surface area contributed by atoms with Crippen molar-refractivity contribution in [3.8, 4) is 0 Å². The summed E-state index contributed by atoms with van der Waals surface area (Å²) in [6.07, 6.45) is 3.27. The highest BCUT2D eigenvalue weighted by Gasteiger charge is 2.57. The summed E-state index contributed by atoms with van der Waals surface area (Å²) in [5.41, 5.74) is 0. The number of halogens is 1. The van der Waals surface area contributed by atoms with E-state index in [1.807, 2.05) is 6.07 Å². The van der Waals surface area contributed by atoms with Gasteiger partial charge in [-0.25, -0.2) is 8.42 Å². The van der Waals surface area contributed by atoms with E-state index in [1.165, 1.54) is 6.42 Å². The minimum atomic E-state index is -3.12. The lowest BCUT2D eigenvalue weighted by Crippen LogP contribution is -2.58. The molecule has 0 amide bonds. The zero-order chi connectivity index (χ0) is 12.0. The number of fused-ring (bicyclic) bond motifs is 2. The topological polar surface area (TPSA) is 34.1 Å². The van der Waals surface area contributed by atoms with Crippen molar-refractivity contribution in [2.75, 3.05) is 0 Å². The predicted molar refractivity (Wildman–Crippen MR) is 71.0 cm³/mol. The Hall–Kier alpha value is -0.350. The molecule has 2 unspecified atom stereocenters. The molecule has 4 atom stereocenters. The molecule has 0 radical (unpaired) electrons. The van der Waals surface area contributed by atoms with E-state index in [0.29, 0.717) is 21.6 Å². The van der Waals surface area contributed by atoms with Crippen molar-refractivity contribution in [1.82, 2.24) is 0 Å². The average Bonchev–Trinajstić information content (AvgIpc) is 2.38. The zero-order valence-corrected chi connectivity index (χ0v) is 11.8. The van der Waals surface area contributed by atoms with Crippen LogP contribution in [0.4, 0.5) is 0 Å². The Morgan fingerprint density at radius 2 is 1.65 bits per heavy atom. The minimum absolute atomic E-state index is 0.150. The first kappa shape index (κ1) is 11.7. The molecular weight excluding hydrogens is 300 g/mol. The van der Waals surface area contributed by atoms with Crippen molar-refractivity contribution in [3.63, 3.8) is 0 Å². The van der Waals surface area contributed by atoms with Crippen molar-refractivity contribution in [2.45, 2.75) is 34.2 Å². The third kappa shape index (κ3) is 1.68. The first-order valence-electron chi connectivity index (χ1n) is 6.05. The molecule has 2 aliphatic rings. The van der Waals surface area contributed by atoms with Gasteiger partial charge in [0.05, 0.1) is 10.1 Å². The monoisotopic (exact) mass is 314 g/mol. The molecule has 0 spiro atoms. The van der Waals surface area contributed by atoms with Crippen LogP contribution in [0.2, 0.25) is 0 Å². The number of rotatable bonds is 2. The van der Waals surface area contributed by atoms with Gasteiger partial charge in [-0.15, -0.1) is 0 Å². The van der Waals surface area contributed by atoms with Gasteiger partial charge >= 0.3 is 0 Å². The molecule has 2 bridgehead atoms. The van der Waals surface area contributed by atoms with Gasteiger partial charge in [-0.05, 0) is 36.8 Å². The number of sulfone groups is 1. The molecule has 2 saturated carbocycles. The van der Waals surface area contributed by atoms with Gasteiger partial charge in [-0.1, -0.05) is 40.5 Å². The third-order valence-electron chi connectivity index (χ3n) is 4.17. The summed E-state index contributed by atoms with van der Waals surface area (Å²) < 4.78 is 25.1. The molecular formula is C13H15BrO2S. The highest BCUT2D eigenvalue weighted by Crippen LogP contribution is 2.54. The molecule has 92 valence electrons. The molecule has 1 aromatic rings. The fourth-order valence-electron chi connectivity index (χ4n) is 3.32. The van der Waals surface area contributed by atoms with Crippen molar-refractivity contribution in [3.05, 3.63) is 30.3 Å². The lowest BCUT2D eigenvalue weighted by molar-refractivity contribution is 0.138. The Morgan fingerprint density at radius 3 is 2.18 bits per heavy atom. The molecule has 2 nitrogen and oxygen atoms in total. The van der Waals surface area contributed by atoms with Crippen LogP contribution in [0, 0.1) is 11.8 Å². The van der Waals surface area contributed by atoms with Crippen LogP contribution in [0.3, 0.4) is 0 Å². The van der Waals surface area contributed by atoms with Gasteiger partial charge in [0.25, 0.3) is 0 Å². The van der Waals surface area contributed by atoms with Crippen LogP contribution >= 0.6 is 15.9 Å². The molecule has 0 heterocycles. The molecule has 1 aromatic carbocycles. The predicted octanol–water partition coefficient (Wildman–Crippen LogP) is 3.02. The molecule has 0 N–H and O–H groups in total.